The van der Waals surface area contributed by atoms with Gasteiger partial charge in [-0.25, -0.2) is 4.79 Å². The summed E-state index contributed by atoms with van der Waals surface area (Å²) in [5.74, 6) is -0.429. The Bertz CT molecular complexity index is 751. The number of carbonyl (C=O) groups is 2. The number of hydrogen-bond donors (Lipinski definition) is 0. The maximum absolute atomic E-state index is 12.4. The van der Waals surface area contributed by atoms with E-state index < -0.39 is 5.97 Å². The van der Waals surface area contributed by atoms with Crippen LogP contribution in [0.2, 0.25) is 5.02 Å². The van der Waals surface area contributed by atoms with Crippen molar-refractivity contribution >= 4 is 35.2 Å². The Balaban J connectivity index is 2.16. The molecule has 0 spiro atoms. The van der Waals surface area contributed by atoms with Crippen molar-refractivity contribution in [2.45, 2.75) is 24.1 Å². The third-order valence-corrected chi connectivity index (χ3v) is 4.90. The zero-order valence-electron chi connectivity index (χ0n) is 12.1. The van der Waals surface area contributed by atoms with Gasteiger partial charge in [0.1, 0.15) is 0 Å². The zero-order valence-corrected chi connectivity index (χ0v) is 13.7. The normalized spacial score (nSPS) is 16.7. The maximum atomic E-state index is 12.4. The van der Waals surface area contributed by atoms with Gasteiger partial charge in [-0.2, -0.15) is 0 Å². The van der Waals surface area contributed by atoms with E-state index >= 15 is 0 Å². The highest BCUT2D eigenvalue weighted by molar-refractivity contribution is 8.01. The van der Waals surface area contributed by atoms with Crippen molar-refractivity contribution in [3.8, 4) is 11.1 Å². The molecule has 1 atom stereocenters. The number of nitrogens with zero attached hydrogens (tertiary/aromatic N) is 1. The van der Waals surface area contributed by atoms with Crippen molar-refractivity contribution < 1.29 is 14.3 Å². The second-order valence-corrected chi connectivity index (χ2v) is 6.68. The quantitative estimate of drug-likeness (QED) is 0.792. The number of aromatic nitrogens is 1. The molecule has 0 N–H and O–H groups in total. The summed E-state index contributed by atoms with van der Waals surface area (Å²) in [6.07, 6.45) is 1.71. The summed E-state index contributed by atoms with van der Waals surface area (Å²) < 4.78 is 6.71. The first-order valence-electron chi connectivity index (χ1n) is 6.92. The standard InChI is InChI=1S/C16H14ClNO3S/c1-3-21-16(20)13-12(10-4-6-11(17)7-5-10)8-18-14(19)9(2)22-15(13)18/h4-9H,3H2,1-2H3. The molecule has 114 valence electrons. The molecule has 1 aromatic carbocycles. The van der Waals surface area contributed by atoms with Crippen molar-refractivity contribution in [1.82, 2.24) is 4.57 Å². The highest BCUT2D eigenvalue weighted by Crippen LogP contribution is 2.41. The summed E-state index contributed by atoms with van der Waals surface area (Å²) in [4.78, 5) is 24.6. The molecule has 1 aromatic heterocycles. The van der Waals surface area contributed by atoms with Crippen molar-refractivity contribution in [3.63, 3.8) is 0 Å². The van der Waals surface area contributed by atoms with Crippen molar-refractivity contribution in [3.05, 3.63) is 41.0 Å². The Hall–Kier alpha value is -1.72. The Morgan fingerprint density at radius 2 is 2.05 bits per heavy atom. The monoisotopic (exact) mass is 335 g/mol. The van der Waals surface area contributed by atoms with E-state index in [1.807, 2.05) is 19.1 Å². The van der Waals surface area contributed by atoms with Gasteiger partial charge in [0.2, 0.25) is 5.91 Å². The number of rotatable bonds is 3. The van der Waals surface area contributed by atoms with Crippen molar-refractivity contribution in [2.24, 2.45) is 0 Å². The van der Waals surface area contributed by atoms with E-state index in [4.69, 9.17) is 16.3 Å². The molecule has 2 heterocycles. The second kappa shape index (κ2) is 5.82. The number of benzene rings is 1. The molecular weight excluding hydrogens is 322 g/mol. The summed E-state index contributed by atoms with van der Waals surface area (Å²) in [7, 11) is 0. The molecule has 0 saturated heterocycles. The van der Waals surface area contributed by atoms with Gasteiger partial charge in [-0.3, -0.25) is 9.36 Å². The first kappa shape index (κ1) is 15.2. The van der Waals surface area contributed by atoms with Crippen LogP contribution < -0.4 is 0 Å². The predicted octanol–water partition coefficient (Wildman–Crippen LogP) is 4.12. The van der Waals surface area contributed by atoms with E-state index in [9.17, 15) is 9.59 Å². The molecule has 0 amide bonds. The molecule has 0 fully saturated rings. The third-order valence-electron chi connectivity index (χ3n) is 3.47. The van der Waals surface area contributed by atoms with Crippen LogP contribution in [0.25, 0.3) is 11.1 Å². The molecule has 4 nitrogen and oxygen atoms in total. The lowest BCUT2D eigenvalue weighted by Crippen LogP contribution is -2.12. The average Bonchev–Trinajstić information content (AvgIpc) is 2.98. The lowest BCUT2D eigenvalue weighted by Gasteiger charge is -2.06. The van der Waals surface area contributed by atoms with Crippen LogP contribution in [0.5, 0.6) is 0 Å². The van der Waals surface area contributed by atoms with Gasteiger partial charge in [-0.05, 0) is 31.5 Å². The summed E-state index contributed by atoms with van der Waals surface area (Å²) >= 11 is 7.30. The Morgan fingerprint density at radius 3 is 2.68 bits per heavy atom. The summed E-state index contributed by atoms with van der Waals surface area (Å²) in [6.45, 7) is 3.88. The first-order valence-corrected chi connectivity index (χ1v) is 8.18. The van der Waals surface area contributed by atoms with E-state index in [1.54, 1.807) is 29.8 Å². The first-order chi connectivity index (χ1) is 10.5. The molecule has 0 saturated carbocycles. The molecule has 0 radical (unpaired) electrons. The van der Waals surface area contributed by atoms with Gasteiger partial charge in [-0.15, -0.1) is 0 Å². The van der Waals surface area contributed by atoms with Gasteiger partial charge in [0.05, 0.1) is 22.4 Å². The molecule has 22 heavy (non-hydrogen) atoms. The van der Waals surface area contributed by atoms with Gasteiger partial charge < -0.3 is 4.74 Å². The SMILES string of the molecule is CCOC(=O)c1c(-c2ccc(Cl)cc2)cn2c1SC(C)C2=O. The van der Waals surface area contributed by atoms with E-state index in [0.29, 0.717) is 21.2 Å². The third kappa shape index (κ3) is 2.44. The smallest absolute Gasteiger partial charge is 0.341 e. The van der Waals surface area contributed by atoms with Gasteiger partial charge in [-0.1, -0.05) is 35.5 Å². The highest BCUT2D eigenvalue weighted by Gasteiger charge is 2.35. The Morgan fingerprint density at radius 1 is 1.36 bits per heavy atom. The summed E-state index contributed by atoms with van der Waals surface area (Å²) in [6, 6.07) is 7.17. The van der Waals surface area contributed by atoms with E-state index in [2.05, 4.69) is 0 Å². The number of hydrogen-bond acceptors (Lipinski definition) is 4. The number of carbonyl (C=O) groups excluding carboxylic acids is 2. The lowest BCUT2D eigenvalue weighted by atomic mass is 10.1. The molecule has 1 unspecified atom stereocenters. The van der Waals surface area contributed by atoms with Gasteiger partial charge >= 0.3 is 5.97 Å². The molecule has 1 aliphatic rings. The average molecular weight is 336 g/mol. The topological polar surface area (TPSA) is 48.3 Å². The summed E-state index contributed by atoms with van der Waals surface area (Å²) in [5.41, 5.74) is 1.97. The van der Waals surface area contributed by atoms with E-state index in [1.165, 1.54) is 11.8 Å². The van der Waals surface area contributed by atoms with Crippen LogP contribution in [0.1, 0.15) is 29.0 Å². The molecule has 2 aromatic rings. The van der Waals surface area contributed by atoms with Gasteiger partial charge in [0.15, 0.2) is 0 Å². The van der Waals surface area contributed by atoms with Crippen LogP contribution in [0.15, 0.2) is 35.5 Å². The van der Waals surface area contributed by atoms with E-state index in [0.717, 1.165) is 5.56 Å². The van der Waals surface area contributed by atoms with Crippen molar-refractivity contribution in [1.29, 1.82) is 0 Å². The second-order valence-electron chi connectivity index (χ2n) is 4.92. The van der Waals surface area contributed by atoms with Crippen LogP contribution in [-0.4, -0.2) is 28.3 Å². The largest absolute Gasteiger partial charge is 0.462 e. The van der Waals surface area contributed by atoms with E-state index in [-0.39, 0.29) is 17.8 Å². The van der Waals surface area contributed by atoms with Gasteiger partial charge in [0.25, 0.3) is 0 Å². The number of thioether (sulfide) groups is 1. The van der Waals surface area contributed by atoms with Crippen LogP contribution in [0.4, 0.5) is 0 Å². The fraction of sp³-hybridized carbons (Fsp3) is 0.250. The summed E-state index contributed by atoms with van der Waals surface area (Å²) in [5, 5.41) is 1.08. The molecule has 1 aliphatic heterocycles. The minimum absolute atomic E-state index is 0.0224. The minimum atomic E-state index is -0.407. The Kier molecular flexibility index (Phi) is 4.02. The minimum Gasteiger partial charge on any atom is -0.462 e. The van der Waals surface area contributed by atoms with Crippen LogP contribution in [-0.2, 0) is 4.74 Å². The number of esters is 1. The molecule has 3 rings (SSSR count). The number of ether oxygens (including phenoxy) is 1. The zero-order chi connectivity index (χ0) is 15.9. The highest BCUT2D eigenvalue weighted by atomic mass is 35.5. The predicted molar refractivity (Wildman–Crippen MR) is 86.8 cm³/mol. The van der Waals surface area contributed by atoms with Crippen LogP contribution in [0, 0.1) is 0 Å². The fourth-order valence-corrected chi connectivity index (χ4v) is 3.67. The Labute approximate surface area is 137 Å². The molecular formula is C16H14ClNO3S. The van der Waals surface area contributed by atoms with Crippen LogP contribution in [0.3, 0.4) is 0 Å². The molecule has 0 bridgehead atoms. The fourth-order valence-electron chi connectivity index (χ4n) is 2.43. The molecule has 6 heteroatoms. The number of fused-ring (bicyclic) bond motifs is 1. The van der Waals surface area contributed by atoms with Crippen molar-refractivity contribution in [2.75, 3.05) is 6.61 Å². The lowest BCUT2D eigenvalue weighted by molar-refractivity contribution is 0.0523. The number of halogens is 1. The molecule has 0 aliphatic carbocycles. The van der Waals surface area contributed by atoms with Crippen LogP contribution >= 0.6 is 23.4 Å². The van der Waals surface area contributed by atoms with Gasteiger partial charge in [0, 0.05) is 16.8 Å². The maximum Gasteiger partial charge on any atom is 0.341 e.